The number of nitrogens with one attached hydrogen (secondary N) is 1. The van der Waals surface area contributed by atoms with Crippen LogP contribution >= 0.6 is 22.9 Å². The second-order valence-corrected chi connectivity index (χ2v) is 8.21. The molecule has 3 heterocycles. The molecule has 0 radical (unpaired) electrons. The fraction of sp³-hybridized carbons (Fsp3) is 0.250. The van der Waals surface area contributed by atoms with Crippen molar-refractivity contribution in [3.8, 4) is 28.7 Å². The van der Waals surface area contributed by atoms with E-state index >= 15 is 0 Å². The SMILES string of the molecule is Cn1cc(-c2cc(Cl)ncc2OC(F)F)c(C(=O)Nc2nnc(C#CC3CC3)s2)cc1=O. The van der Waals surface area contributed by atoms with Crippen LogP contribution in [0.1, 0.15) is 28.2 Å². The fourth-order valence-electron chi connectivity index (χ4n) is 2.73. The monoisotopic (exact) mass is 477 g/mol. The Morgan fingerprint density at radius 2 is 2.12 bits per heavy atom. The molecule has 0 spiro atoms. The van der Waals surface area contributed by atoms with Crippen molar-refractivity contribution < 1.29 is 18.3 Å². The van der Waals surface area contributed by atoms with Crippen molar-refractivity contribution in [2.24, 2.45) is 13.0 Å². The highest BCUT2D eigenvalue weighted by Crippen LogP contribution is 2.34. The lowest BCUT2D eigenvalue weighted by atomic mass is 10.0. The average Bonchev–Trinajstić information content (AvgIpc) is 3.47. The lowest BCUT2D eigenvalue weighted by Gasteiger charge is -2.14. The minimum absolute atomic E-state index is 0.00942. The number of nitrogens with zero attached hydrogens (tertiary/aromatic N) is 4. The predicted molar refractivity (Wildman–Crippen MR) is 114 cm³/mol. The van der Waals surface area contributed by atoms with Gasteiger partial charge >= 0.3 is 6.61 Å². The minimum Gasteiger partial charge on any atom is -0.433 e. The molecule has 3 aromatic heterocycles. The molecule has 1 N–H and O–H groups in total. The van der Waals surface area contributed by atoms with Gasteiger partial charge in [0.1, 0.15) is 5.15 Å². The molecule has 0 atom stereocenters. The lowest BCUT2D eigenvalue weighted by molar-refractivity contribution is -0.0496. The van der Waals surface area contributed by atoms with Gasteiger partial charge in [-0.15, -0.1) is 10.2 Å². The molecular formula is C20H14ClF2N5O3S. The van der Waals surface area contributed by atoms with Gasteiger partial charge in [0, 0.05) is 36.4 Å². The standard InChI is InChI=1S/C20H14ClF2N5O3S/c1-28-9-13(11-6-15(21)24-8-14(11)31-19(22)23)12(7-17(28)29)18(30)25-20-27-26-16(32-20)5-4-10-2-3-10/h6-10,19H,2-3H2,1H3,(H,25,27,30). The molecule has 3 aromatic rings. The van der Waals surface area contributed by atoms with Gasteiger partial charge in [-0.1, -0.05) is 28.9 Å². The van der Waals surface area contributed by atoms with Gasteiger partial charge in [0.05, 0.1) is 11.8 Å². The minimum atomic E-state index is -3.13. The zero-order valence-electron chi connectivity index (χ0n) is 16.4. The van der Waals surface area contributed by atoms with Gasteiger partial charge in [-0.3, -0.25) is 14.9 Å². The van der Waals surface area contributed by atoms with Gasteiger partial charge < -0.3 is 9.30 Å². The number of alkyl halides is 2. The Kier molecular flexibility index (Phi) is 6.16. The summed E-state index contributed by atoms with van der Waals surface area (Å²) in [7, 11) is 1.46. The number of amides is 1. The van der Waals surface area contributed by atoms with E-state index < -0.39 is 18.1 Å². The summed E-state index contributed by atoms with van der Waals surface area (Å²) in [5.74, 6) is 5.35. The number of ether oxygens (including phenoxy) is 1. The van der Waals surface area contributed by atoms with Gasteiger partial charge in [0.15, 0.2) is 10.8 Å². The summed E-state index contributed by atoms with van der Waals surface area (Å²) in [6.07, 6.45) is 4.48. The average molecular weight is 478 g/mol. The Balaban J connectivity index is 1.70. The van der Waals surface area contributed by atoms with Crippen molar-refractivity contribution in [3.05, 3.63) is 50.6 Å². The van der Waals surface area contributed by atoms with E-state index in [-0.39, 0.29) is 32.7 Å². The highest BCUT2D eigenvalue weighted by Gasteiger charge is 2.22. The van der Waals surface area contributed by atoms with E-state index in [1.807, 2.05) is 0 Å². The normalized spacial score (nSPS) is 12.9. The number of rotatable bonds is 5. The number of pyridine rings is 2. The van der Waals surface area contributed by atoms with Crippen LogP contribution in [0.15, 0.2) is 29.3 Å². The van der Waals surface area contributed by atoms with Crippen molar-refractivity contribution in [1.82, 2.24) is 19.7 Å². The van der Waals surface area contributed by atoms with Crippen LogP contribution in [-0.4, -0.2) is 32.3 Å². The van der Waals surface area contributed by atoms with Crippen molar-refractivity contribution in [2.45, 2.75) is 19.5 Å². The second kappa shape index (κ2) is 9.02. The first kappa shape index (κ1) is 21.9. The van der Waals surface area contributed by atoms with Crippen molar-refractivity contribution >= 4 is 34.0 Å². The first-order valence-electron chi connectivity index (χ1n) is 9.28. The highest BCUT2D eigenvalue weighted by molar-refractivity contribution is 7.15. The first-order chi connectivity index (χ1) is 15.3. The molecule has 0 unspecified atom stereocenters. The largest absolute Gasteiger partial charge is 0.433 e. The number of hydrogen-bond donors (Lipinski definition) is 1. The van der Waals surface area contributed by atoms with Crippen LogP contribution in [0.5, 0.6) is 5.75 Å². The number of hydrogen-bond acceptors (Lipinski definition) is 7. The number of anilines is 1. The number of carbonyl (C=O) groups excluding carboxylic acids is 1. The summed E-state index contributed by atoms with van der Waals surface area (Å²) in [5, 5.41) is 11.0. The van der Waals surface area contributed by atoms with Crippen LogP contribution in [0, 0.1) is 17.8 Å². The van der Waals surface area contributed by atoms with E-state index in [4.69, 9.17) is 11.6 Å². The maximum Gasteiger partial charge on any atom is 0.387 e. The second-order valence-electron chi connectivity index (χ2n) is 6.84. The number of halogens is 3. The summed E-state index contributed by atoms with van der Waals surface area (Å²) in [6, 6.07) is 2.35. The zero-order chi connectivity index (χ0) is 22.8. The third-order valence-corrected chi connectivity index (χ3v) is 5.38. The van der Waals surface area contributed by atoms with Gasteiger partial charge in [-0.25, -0.2) is 4.98 Å². The number of aromatic nitrogens is 4. The van der Waals surface area contributed by atoms with Crippen LogP contribution < -0.4 is 15.6 Å². The number of carbonyl (C=O) groups is 1. The molecule has 0 saturated heterocycles. The molecule has 1 aliphatic carbocycles. The third kappa shape index (κ3) is 5.09. The third-order valence-electron chi connectivity index (χ3n) is 4.42. The van der Waals surface area contributed by atoms with E-state index in [2.05, 4.69) is 37.1 Å². The molecule has 1 aliphatic rings. The molecule has 0 aromatic carbocycles. The van der Waals surface area contributed by atoms with E-state index in [9.17, 15) is 18.4 Å². The maximum atomic E-state index is 13.0. The van der Waals surface area contributed by atoms with Crippen molar-refractivity contribution in [2.75, 3.05) is 5.32 Å². The quantitative estimate of drug-likeness (QED) is 0.445. The smallest absolute Gasteiger partial charge is 0.387 e. The molecule has 1 saturated carbocycles. The van der Waals surface area contributed by atoms with Crippen molar-refractivity contribution in [3.63, 3.8) is 0 Å². The maximum absolute atomic E-state index is 13.0. The van der Waals surface area contributed by atoms with Crippen LogP contribution in [0.25, 0.3) is 11.1 Å². The van der Waals surface area contributed by atoms with Gasteiger partial charge in [-0.05, 0) is 24.8 Å². The van der Waals surface area contributed by atoms with Crippen LogP contribution in [0.2, 0.25) is 5.15 Å². The van der Waals surface area contributed by atoms with Gasteiger partial charge in [-0.2, -0.15) is 8.78 Å². The van der Waals surface area contributed by atoms with E-state index in [0.29, 0.717) is 10.9 Å². The highest BCUT2D eigenvalue weighted by atomic mass is 35.5. The summed E-state index contributed by atoms with van der Waals surface area (Å²) < 4.78 is 31.5. The Hall–Kier alpha value is -3.36. The number of aryl methyl sites for hydroxylation is 1. The summed E-state index contributed by atoms with van der Waals surface area (Å²) >= 11 is 7.02. The topological polar surface area (TPSA) is 99.0 Å². The Morgan fingerprint density at radius 1 is 1.34 bits per heavy atom. The molecule has 12 heteroatoms. The molecule has 1 amide bonds. The van der Waals surface area contributed by atoms with Gasteiger partial charge in [0.25, 0.3) is 11.5 Å². The predicted octanol–water partition coefficient (Wildman–Crippen LogP) is 3.57. The summed E-state index contributed by atoms with van der Waals surface area (Å²) in [5.41, 5.74) is -0.360. The van der Waals surface area contributed by atoms with Crippen molar-refractivity contribution in [1.29, 1.82) is 0 Å². The molecule has 0 bridgehead atoms. The van der Waals surface area contributed by atoms with Gasteiger partial charge in [0.2, 0.25) is 5.13 Å². The molecule has 8 nitrogen and oxygen atoms in total. The lowest BCUT2D eigenvalue weighted by Crippen LogP contribution is -2.22. The van der Waals surface area contributed by atoms with Crippen LogP contribution in [0.4, 0.5) is 13.9 Å². The van der Waals surface area contributed by atoms with E-state index in [1.54, 1.807) is 0 Å². The van der Waals surface area contributed by atoms with Crippen LogP contribution in [0.3, 0.4) is 0 Å². The fourth-order valence-corrected chi connectivity index (χ4v) is 3.49. The first-order valence-corrected chi connectivity index (χ1v) is 10.5. The molecular weight excluding hydrogens is 464 g/mol. The molecule has 164 valence electrons. The molecule has 32 heavy (non-hydrogen) atoms. The summed E-state index contributed by atoms with van der Waals surface area (Å²) in [6.45, 7) is -3.13. The Bertz CT molecular complexity index is 1310. The Morgan fingerprint density at radius 3 is 2.84 bits per heavy atom. The zero-order valence-corrected chi connectivity index (χ0v) is 18.0. The Labute approximate surface area is 189 Å². The van der Waals surface area contributed by atoms with E-state index in [0.717, 1.165) is 36.4 Å². The molecule has 4 rings (SSSR count). The molecule has 1 fully saturated rings. The molecule has 0 aliphatic heterocycles. The summed E-state index contributed by atoms with van der Waals surface area (Å²) in [4.78, 5) is 28.9. The van der Waals surface area contributed by atoms with E-state index in [1.165, 1.54) is 23.9 Å². The van der Waals surface area contributed by atoms with Crippen LogP contribution in [-0.2, 0) is 7.05 Å².